The van der Waals surface area contributed by atoms with Crippen LogP contribution in [0.15, 0.2) is 54.9 Å². The van der Waals surface area contributed by atoms with E-state index in [9.17, 15) is 9.59 Å². The molecule has 0 spiro atoms. The van der Waals surface area contributed by atoms with Gasteiger partial charge in [-0.25, -0.2) is 4.98 Å². The van der Waals surface area contributed by atoms with Crippen molar-refractivity contribution in [1.29, 1.82) is 0 Å². The summed E-state index contributed by atoms with van der Waals surface area (Å²) in [6.45, 7) is 2.09. The lowest BCUT2D eigenvalue weighted by Gasteiger charge is -2.19. The summed E-state index contributed by atoms with van der Waals surface area (Å²) in [5, 5.41) is 6.18. The number of hydrogen-bond donors (Lipinski definition) is 4. The van der Waals surface area contributed by atoms with Crippen molar-refractivity contribution >= 4 is 29.2 Å². The van der Waals surface area contributed by atoms with E-state index in [1.807, 2.05) is 25.1 Å². The molecule has 0 aliphatic heterocycles. The Kier molecular flexibility index (Phi) is 6.51. The maximum absolute atomic E-state index is 12.9. The van der Waals surface area contributed by atoms with E-state index in [2.05, 4.69) is 20.6 Å². The van der Waals surface area contributed by atoms with Crippen LogP contribution >= 0.6 is 11.6 Å². The molecule has 0 saturated carbocycles. The number of nitrogens with one attached hydrogen (secondary N) is 3. The standard InChI is InChI=1S/C21H22ClN5O2/c1-13-8-9-24-19(13)21(29)27-17(10-15-4-2-3-5-16(15)22)20(28)26-12-14-6-7-18(23)25-11-14/h2-9,11,17,24H,10,12H2,1H3,(H2,23,25)(H,26,28)(H,27,29)/t17-/m0/s1. The Labute approximate surface area is 173 Å². The third-order valence-corrected chi connectivity index (χ3v) is 4.87. The molecule has 5 N–H and O–H groups in total. The summed E-state index contributed by atoms with van der Waals surface area (Å²) in [5.74, 6) is -0.265. The fourth-order valence-corrected chi connectivity index (χ4v) is 3.08. The molecule has 7 nitrogen and oxygen atoms in total. The zero-order valence-corrected chi connectivity index (χ0v) is 16.7. The van der Waals surface area contributed by atoms with Gasteiger partial charge in [0.15, 0.2) is 0 Å². The normalized spacial score (nSPS) is 11.7. The van der Waals surface area contributed by atoms with E-state index < -0.39 is 6.04 Å². The Morgan fingerprint density at radius 2 is 2.00 bits per heavy atom. The van der Waals surface area contributed by atoms with Gasteiger partial charge in [-0.15, -0.1) is 0 Å². The predicted molar refractivity (Wildman–Crippen MR) is 112 cm³/mol. The lowest BCUT2D eigenvalue weighted by atomic mass is 10.0. The fraction of sp³-hybridized carbons (Fsp3) is 0.190. The highest BCUT2D eigenvalue weighted by molar-refractivity contribution is 6.31. The van der Waals surface area contributed by atoms with Crippen molar-refractivity contribution in [3.8, 4) is 0 Å². The van der Waals surface area contributed by atoms with Crippen LogP contribution in [0, 0.1) is 6.92 Å². The molecule has 0 bridgehead atoms. The monoisotopic (exact) mass is 411 g/mol. The number of H-pyrrole nitrogens is 1. The van der Waals surface area contributed by atoms with Crippen LogP contribution in [0.1, 0.15) is 27.2 Å². The molecule has 2 amide bonds. The minimum Gasteiger partial charge on any atom is -0.384 e. The topological polar surface area (TPSA) is 113 Å². The van der Waals surface area contributed by atoms with E-state index in [0.717, 1.165) is 16.7 Å². The zero-order chi connectivity index (χ0) is 20.8. The van der Waals surface area contributed by atoms with Crippen LogP contribution in [0.3, 0.4) is 0 Å². The smallest absolute Gasteiger partial charge is 0.268 e. The summed E-state index contributed by atoms with van der Waals surface area (Å²) in [7, 11) is 0. The van der Waals surface area contributed by atoms with Crippen molar-refractivity contribution < 1.29 is 9.59 Å². The van der Waals surface area contributed by atoms with E-state index in [0.29, 0.717) is 16.5 Å². The first-order valence-electron chi connectivity index (χ1n) is 9.10. The fourth-order valence-electron chi connectivity index (χ4n) is 2.87. The first kappa shape index (κ1) is 20.4. The molecule has 150 valence electrons. The Morgan fingerprint density at radius 3 is 2.66 bits per heavy atom. The van der Waals surface area contributed by atoms with Crippen LogP contribution in [0.5, 0.6) is 0 Å². The third-order valence-electron chi connectivity index (χ3n) is 4.50. The van der Waals surface area contributed by atoms with Crippen LogP contribution in [0.4, 0.5) is 5.82 Å². The van der Waals surface area contributed by atoms with Crippen molar-refractivity contribution in [3.05, 3.63) is 82.3 Å². The van der Waals surface area contributed by atoms with Crippen molar-refractivity contribution in [2.24, 2.45) is 0 Å². The van der Waals surface area contributed by atoms with Crippen LogP contribution in [-0.4, -0.2) is 27.8 Å². The van der Waals surface area contributed by atoms with Crippen molar-refractivity contribution in [2.75, 3.05) is 5.73 Å². The molecule has 8 heteroatoms. The second kappa shape index (κ2) is 9.25. The van der Waals surface area contributed by atoms with Gasteiger partial charge in [0.25, 0.3) is 5.91 Å². The van der Waals surface area contributed by atoms with Gasteiger partial charge in [-0.1, -0.05) is 35.9 Å². The number of hydrogen-bond acceptors (Lipinski definition) is 4. The van der Waals surface area contributed by atoms with E-state index >= 15 is 0 Å². The zero-order valence-electron chi connectivity index (χ0n) is 15.9. The number of carbonyl (C=O) groups is 2. The number of nitrogens with two attached hydrogens (primary N) is 1. The maximum Gasteiger partial charge on any atom is 0.268 e. The number of nitrogen functional groups attached to an aromatic ring is 1. The Hall–Kier alpha value is -3.32. The van der Waals surface area contributed by atoms with Crippen molar-refractivity contribution in [1.82, 2.24) is 20.6 Å². The number of carbonyl (C=O) groups excluding carboxylic acids is 2. The number of anilines is 1. The Balaban J connectivity index is 1.74. The first-order valence-corrected chi connectivity index (χ1v) is 9.48. The molecule has 3 rings (SSSR count). The molecule has 0 aliphatic rings. The molecule has 3 aromatic rings. The lowest BCUT2D eigenvalue weighted by Crippen LogP contribution is -2.48. The number of amides is 2. The SMILES string of the molecule is Cc1cc[nH]c1C(=O)N[C@@H](Cc1ccccc1Cl)C(=O)NCc1ccc(N)nc1. The van der Waals surface area contributed by atoms with E-state index in [4.69, 9.17) is 17.3 Å². The predicted octanol–water partition coefficient (Wildman–Crippen LogP) is 2.61. The van der Waals surface area contributed by atoms with Gasteiger partial charge >= 0.3 is 0 Å². The van der Waals surface area contributed by atoms with Gasteiger partial charge in [0, 0.05) is 30.4 Å². The molecule has 0 saturated heterocycles. The van der Waals surface area contributed by atoms with Crippen LogP contribution in [0.25, 0.3) is 0 Å². The molecule has 0 fully saturated rings. The molecule has 2 heterocycles. The highest BCUT2D eigenvalue weighted by atomic mass is 35.5. The molecule has 1 aromatic carbocycles. The lowest BCUT2D eigenvalue weighted by molar-refractivity contribution is -0.123. The summed E-state index contributed by atoms with van der Waals surface area (Å²) in [6.07, 6.45) is 3.54. The van der Waals surface area contributed by atoms with Gasteiger partial charge < -0.3 is 21.4 Å². The average Bonchev–Trinajstić information content (AvgIpc) is 3.14. The molecule has 0 aliphatic carbocycles. The maximum atomic E-state index is 12.9. The van der Waals surface area contributed by atoms with Crippen LogP contribution < -0.4 is 16.4 Å². The minimum absolute atomic E-state index is 0.261. The summed E-state index contributed by atoms with van der Waals surface area (Å²) in [6, 6.07) is 11.7. The van der Waals surface area contributed by atoms with Gasteiger partial charge in [0.2, 0.25) is 5.91 Å². The number of aryl methyl sites for hydroxylation is 1. The van der Waals surface area contributed by atoms with Crippen LogP contribution in [-0.2, 0) is 17.8 Å². The third kappa shape index (κ3) is 5.36. The summed E-state index contributed by atoms with van der Waals surface area (Å²) >= 11 is 6.25. The molecule has 1 atom stereocenters. The molecule has 29 heavy (non-hydrogen) atoms. The second-order valence-electron chi connectivity index (χ2n) is 6.67. The molecule has 0 unspecified atom stereocenters. The van der Waals surface area contributed by atoms with Crippen molar-refractivity contribution in [2.45, 2.75) is 25.9 Å². The van der Waals surface area contributed by atoms with Gasteiger partial charge in [0.1, 0.15) is 17.6 Å². The molecular formula is C21H22ClN5O2. The highest BCUT2D eigenvalue weighted by Crippen LogP contribution is 2.17. The quantitative estimate of drug-likeness (QED) is 0.478. The minimum atomic E-state index is -0.799. The van der Waals surface area contributed by atoms with Gasteiger partial charge in [-0.2, -0.15) is 0 Å². The largest absolute Gasteiger partial charge is 0.384 e. The number of benzene rings is 1. The number of rotatable bonds is 7. The van der Waals surface area contributed by atoms with Gasteiger partial charge in [-0.3, -0.25) is 9.59 Å². The van der Waals surface area contributed by atoms with Gasteiger partial charge in [-0.05, 0) is 41.8 Å². The average molecular weight is 412 g/mol. The van der Waals surface area contributed by atoms with Gasteiger partial charge in [0.05, 0.1) is 0 Å². The molecule has 0 radical (unpaired) electrons. The number of aromatic nitrogens is 2. The number of halogens is 1. The van der Waals surface area contributed by atoms with E-state index in [1.54, 1.807) is 36.7 Å². The Morgan fingerprint density at radius 1 is 1.21 bits per heavy atom. The van der Waals surface area contributed by atoms with E-state index in [1.165, 1.54) is 0 Å². The van der Waals surface area contributed by atoms with E-state index in [-0.39, 0.29) is 24.8 Å². The summed E-state index contributed by atoms with van der Waals surface area (Å²) in [5.41, 5.74) is 8.37. The summed E-state index contributed by atoms with van der Waals surface area (Å²) < 4.78 is 0. The molecular weight excluding hydrogens is 390 g/mol. The second-order valence-corrected chi connectivity index (χ2v) is 7.07. The summed E-state index contributed by atoms with van der Waals surface area (Å²) in [4.78, 5) is 32.4. The number of pyridine rings is 1. The number of aromatic amines is 1. The Bertz CT molecular complexity index is 1000. The number of nitrogens with zero attached hydrogens (tertiary/aromatic N) is 1. The van der Waals surface area contributed by atoms with Crippen molar-refractivity contribution in [3.63, 3.8) is 0 Å². The van der Waals surface area contributed by atoms with Crippen LogP contribution in [0.2, 0.25) is 5.02 Å². The molecule has 2 aromatic heterocycles. The highest BCUT2D eigenvalue weighted by Gasteiger charge is 2.23. The first-order chi connectivity index (χ1) is 13.9.